The Morgan fingerprint density at radius 2 is 2.28 bits per heavy atom. The SMILES string of the molecule is Cc1cc(C(Cl)CCC2CCCO2)c(Cl)cc1F. The Kier molecular flexibility index (Phi) is 4.88. The number of halogens is 3. The third-order valence-electron chi connectivity index (χ3n) is 3.38. The van der Waals surface area contributed by atoms with E-state index in [0.717, 1.165) is 37.9 Å². The van der Waals surface area contributed by atoms with Crippen molar-refractivity contribution in [3.8, 4) is 0 Å². The number of rotatable bonds is 4. The van der Waals surface area contributed by atoms with Crippen molar-refractivity contribution in [3.05, 3.63) is 34.1 Å². The largest absolute Gasteiger partial charge is 0.378 e. The molecule has 1 saturated heterocycles. The summed E-state index contributed by atoms with van der Waals surface area (Å²) in [6.45, 7) is 2.58. The summed E-state index contributed by atoms with van der Waals surface area (Å²) in [5, 5.41) is 0.228. The Balaban J connectivity index is 1.99. The average Bonchev–Trinajstić information content (AvgIpc) is 2.84. The normalized spacial score (nSPS) is 21.2. The quantitative estimate of drug-likeness (QED) is 0.707. The summed E-state index contributed by atoms with van der Waals surface area (Å²) in [4.78, 5) is 0. The predicted octanol–water partition coefficient (Wildman–Crippen LogP) is 5.03. The number of hydrogen-bond donors (Lipinski definition) is 0. The molecule has 1 fully saturated rings. The molecule has 0 N–H and O–H groups in total. The van der Waals surface area contributed by atoms with Crippen molar-refractivity contribution in [2.75, 3.05) is 6.61 Å². The van der Waals surface area contributed by atoms with Crippen molar-refractivity contribution in [1.82, 2.24) is 0 Å². The van der Waals surface area contributed by atoms with Crippen molar-refractivity contribution >= 4 is 23.2 Å². The molecule has 2 atom stereocenters. The third-order valence-corrected chi connectivity index (χ3v) is 4.16. The minimum atomic E-state index is -0.285. The van der Waals surface area contributed by atoms with Gasteiger partial charge in [-0.3, -0.25) is 0 Å². The Bertz CT molecular complexity index is 417. The summed E-state index contributed by atoms with van der Waals surface area (Å²) in [6.07, 6.45) is 4.30. The molecule has 2 rings (SSSR count). The van der Waals surface area contributed by atoms with Crippen LogP contribution in [0.4, 0.5) is 4.39 Å². The first-order valence-corrected chi connectivity index (χ1v) is 7.10. The molecule has 100 valence electrons. The van der Waals surface area contributed by atoms with Gasteiger partial charge in [-0.2, -0.15) is 0 Å². The van der Waals surface area contributed by atoms with E-state index in [1.807, 2.05) is 0 Å². The lowest BCUT2D eigenvalue weighted by Gasteiger charge is -2.15. The monoisotopic (exact) mass is 290 g/mol. The van der Waals surface area contributed by atoms with Crippen LogP contribution < -0.4 is 0 Å². The van der Waals surface area contributed by atoms with Crippen LogP contribution in [0, 0.1) is 12.7 Å². The minimum Gasteiger partial charge on any atom is -0.378 e. The van der Waals surface area contributed by atoms with Crippen molar-refractivity contribution in [3.63, 3.8) is 0 Å². The van der Waals surface area contributed by atoms with Gasteiger partial charge in [-0.05, 0) is 49.8 Å². The predicted molar refractivity (Wildman–Crippen MR) is 72.9 cm³/mol. The van der Waals surface area contributed by atoms with Crippen LogP contribution in [-0.4, -0.2) is 12.7 Å². The minimum absolute atomic E-state index is 0.180. The summed E-state index contributed by atoms with van der Waals surface area (Å²) < 4.78 is 18.9. The highest BCUT2D eigenvalue weighted by Crippen LogP contribution is 2.34. The van der Waals surface area contributed by atoms with E-state index in [9.17, 15) is 4.39 Å². The summed E-state index contributed by atoms with van der Waals surface area (Å²) in [5.74, 6) is -0.285. The smallest absolute Gasteiger partial charge is 0.127 e. The van der Waals surface area contributed by atoms with E-state index in [-0.39, 0.29) is 11.2 Å². The van der Waals surface area contributed by atoms with E-state index in [0.29, 0.717) is 16.7 Å². The molecule has 18 heavy (non-hydrogen) atoms. The number of benzene rings is 1. The molecule has 4 heteroatoms. The maximum absolute atomic E-state index is 13.3. The molecule has 1 aromatic carbocycles. The molecule has 2 unspecified atom stereocenters. The fraction of sp³-hybridized carbons (Fsp3) is 0.571. The zero-order valence-electron chi connectivity index (χ0n) is 10.4. The number of hydrogen-bond acceptors (Lipinski definition) is 1. The fourth-order valence-corrected chi connectivity index (χ4v) is 2.92. The second-order valence-corrected chi connectivity index (χ2v) is 5.74. The van der Waals surface area contributed by atoms with E-state index in [2.05, 4.69) is 0 Å². The van der Waals surface area contributed by atoms with Gasteiger partial charge in [0.1, 0.15) is 5.82 Å². The summed E-state index contributed by atoms with van der Waals surface area (Å²) in [5.41, 5.74) is 1.40. The van der Waals surface area contributed by atoms with Crippen molar-refractivity contribution < 1.29 is 9.13 Å². The molecule has 1 aliphatic heterocycles. The maximum atomic E-state index is 13.3. The maximum Gasteiger partial charge on any atom is 0.127 e. The van der Waals surface area contributed by atoms with Crippen LogP contribution >= 0.6 is 23.2 Å². The van der Waals surface area contributed by atoms with Crippen molar-refractivity contribution in [2.45, 2.75) is 44.1 Å². The Morgan fingerprint density at radius 3 is 2.94 bits per heavy atom. The van der Waals surface area contributed by atoms with Gasteiger partial charge in [-0.15, -0.1) is 11.6 Å². The zero-order valence-corrected chi connectivity index (χ0v) is 11.9. The topological polar surface area (TPSA) is 9.23 Å². The Morgan fingerprint density at radius 1 is 1.50 bits per heavy atom. The molecule has 1 aliphatic rings. The number of alkyl halides is 1. The molecule has 0 saturated carbocycles. The molecule has 0 spiro atoms. The van der Waals surface area contributed by atoms with Gasteiger partial charge in [0.15, 0.2) is 0 Å². The van der Waals surface area contributed by atoms with Gasteiger partial charge >= 0.3 is 0 Å². The van der Waals surface area contributed by atoms with Crippen LogP contribution in [0.15, 0.2) is 12.1 Å². The number of aryl methyl sites for hydroxylation is 1. The Labute approximate surface area is 117 Å². The van der Waals surface area contributed by atoms with Crippen molar-refractivity contribution in [2.24, 2.45) is 0 Å². The van der Waals surface area contributed by atoms with E-state index < -0.39 is 0 Å². The average molecular weight is 291 g/mol. The van der Waals surface area contributed by atoms with Crippen molar-refractivity contribution in [1.29, 1.82) is 0 Å². The van der Waals surface area contributed by atoms with Gasteiger partial charge in [0.05, 0.1) is 11.5 Å². The van der Waals surface area contributed by atoms with Gasteiger partial charge in [0.25, 0.3) is 0 Å². The molecule has 0 radical (unpaired) electrons. The van der Waals surface area contributed by atoms with Crippen LogP contribution in [0.5, 0.6) is 0 Å². The Hall–Kier alpha value is -0.310. The van der Waals surface area contributed by atoms with Crippen LogP contribution in [0.25, 0.3) is 0 Å². The molecular formula is C14H17Cl2FO. The summed E-state index contributed by atoms with van der Waals surface area (Å²) in [7, 11) is 0. The van der Waals surface area contributed by atoms with Crippen LogP contribution in [-0.2, 0) is 4.74 Å². The molecule has 1 heterocycles. The molecule has 0 aliphatic carbocycles. The van der Waals surface area contributed by atoms with E-state index >= 15 is 0 Å². The van der Waals surface area contributed by atoms with Crippen LogP contribution in [0.2, 0.25) is 5.02 Å². The van der Waals surface area contributed by atoms with E-state index in [1.165, 1.54) is 6.07 Å². The molecule has 0 amide bonds. The first-order valence-electron chi connectivity index (χ1n) is 6.29. The van der Waals surface area contributed by atoms with E-state index in [4.69, 9.17) is 27.9 Å². The highest BCUT2D eigenvalue weighted by Gasteiger charge is 2.19. The van der Waals surface area contributed by atoms with Crippen LogP contribution in [0.1, 0.15) is 42.2 Å². The van der Waals surface area contributed by atoms with Gasteiger partial charge in [0, 0.05) is 11.6 Å². The lowest BCUT2D eigenvalue weighted by molar-refractivity contribution is 0.102. The molecule has 0 aromatic heterocycles. The second-order valence-electron chi connectivity index (χ2n) is 4.80. The summed E-state index contributed by atoms with van der Waals surface area (Å²) >= 11 is 12.4. The van der Waals surface area contributed by atoms with Gasteiger partial charge in [-0.1, -0.05) is 17.7 Å². The van der Waals surface area contributed by atoms with Crippen LogP contribution in [0.3, 0.4) is 0 Å². The summed E-state index contributed by atoms with van der Waals surface area (Å²) in [6, 6.07) is 3.08. The highest BCUT2D eigenvalue weighted by atomic mass is 35.5. The first kappa shape index (κ1) is 14.1. The highest BCUT2D eigenvalue weighted by molar-refractivity contribution is 6.32. The molecular weight excluding hydrogens is 274 g/mol. The lowest BCUT2D eigenvalue weighted by atomic mass is 10.0. The second kappa shape index (κ2) is 6.23. The first-order chi connectivity index (χ1) is 8.58. The standard InChI is InChI=1S/C14H17Cl2FO/c1-9-7-11(13(16)8-14(9)17)12(15)5-4-10-3-2-6-18-10/h7-8,10,12H,2-6H2,1H3. The van der Waals surface area contributed by atoms with E-state index in [1.54, 1.807) is 13.0 Å². The molecule has 1 aromatic rings. The van der Waals surface area contributed by atoms with Gasteiger partial charge in [0.2, 0.25) is 0 Å². The fourth-order valence-electron chi connectivity index (χ4n) is 2.28. The molecule has 1 nitrogen and oxygen atoms in total. The lowest BCUT2D eigenvalue weighted by Crippen LogP contribution is -2.06. The van der Waals surface area contributed by atoms with Gasteiger partial charge in [-0.25, -0.2) is 4.39 Å². The zero-order chi connectivity index (χ0) is 13.1. The van der Waals surface area contributed by atoms with Gasteiger partial charge < -0.3 is 4.74 Å². The number of ether oxygens (including phenoxy) is 1. The third kappa shape index (κ3) is 3.37. The molecule has 0 bridgehead atoms.